The van der Waals surface area contributed by atoms with Crippen molar-refractivity contribution in [1.82, 2.24) is 19.8 Å². The van der Waals surface area contributed by atoms with E-state index in [0.29, 0.717) is 17.6 Å². The zero-order chi connectivity index (χ0) is 14.5. The third kappa shape index (κ3) is 3.45. The second-order valence-corrected chi connectivity index (χ2v) is 5.31. The van der Waals surface area contributed by atoms with Gasteiger partial charge in [0.15, 0.2) is 0 Å². The normalized spacial score (nSPS) is 16.5. The van der Waals surface area contributed by atoms with Gasteiger partial charge in [-0.05, 0) is 33.9 Å². The first-order chi connectivity index (χ1) is 9.61. The predicted octanol–water partition coefficient (Wildman–Crippen LogP) is 1.07. The van der Waals surface area contributed by atoms with Gasteiger partial charge in [0, 0.05) is 25.7 Å². The van der Waals surface area contributed by atoms with Gasteiger partial charge in [0.1, 0.15) is 11.5 Å². The number of piperidine rings is 1. The van der Waals surface area contributed by atoms with Crippen molar-refractivity contribution in [2.45, 2.75) is 25.8 Å². The van der Waals surface area contributed by atoms with Gasteiger partial charge in [0.25, 0.3) is 5.91 Å². The van der Waals surface area contributed by atoms with Crippen molar-refractivity contribution in [2.24, 2.45) is 0 Å². The summed E-state index contributed by atoms with van der Waals surface area (Å²) in [7, 11) is 4.18. The van der Waals surface area contributed by atoms with E-state index in [9.17, 15) is 4.79 Å². The molecule has 0 unspecified atom stereocenters. The zero-order valence-electron chi connectivity index (χ0n) is 12.5. The third-order valence-electron chi connectivity index (χ3n) is 3.69. The van der Waals surface area contributed by atoms with Crippen molar-refractivity contribution in [3.63, 3.8) is 0 Å². The Bertz CT molecular complexity index is 455. The molecule has 1 aliphatic rings. The molecule has 1 aromatic rings. The second-order valence-electron chi connectivity index (χ2n) is 5.31. The first-order valence-electron chi connectivity index (χ1n) is 7.13. The van der Waals surface area contributed by atoms with E-state index in [1.807, 2.05) is 11.8 Å². The Kier molecular flexibility index (Phi) is 4.89. The van der Waals surface area contributed by atoms with E-state index in [2.05, 4.69) is 34.3 Å². The molecule has 6 heteroatoms. The average molecular weight is 277 g/mol. The fourth-order valence-electron chi connectivity index (χ4n) is 2.48. The predicted molar refractivity (Wildman–Crippen MR) is 78.8 cm³/mol. The summed E-state index contributed by atoms with van der Waals surface area (Å²) in [6, 6.07) is 0.568. The van der Waals surface area contributed by atoms with Crippen LogP contribution in [-0.2, 0) is 0 Å². The molecule has 0 aliphatic carbocycles. The smallest absolute Gasteiger partial charge is 0.274 e. The van der Waals surface area contributed by atoms with Crippen LogP contribution in [0.4, 0.5) is 5.82 Å². The molecule has 2 heterocycles. The number of nitrogens with one attached hydrogen (secondary N) is 1. The van der Waals surface area contributed by atoms with E-state index in [1.165, 1.54) is 0 Å². The van der Waals surface area contributed by atoms with Crippen LogP contribution in [0.3, 0.4) is 0 Å². The maximum absolute atomic E-state index is 12.4. The van der Waals surface area contributed by atoms with E-state index < -0.39 is 0 Å². The number of hydrogen-bond donors (Lipinski definition) is 1. The van der Waals surface area contributed by atoms with Gasteiger partial charge in [-0.1, -0.05) is 0 Å². The molecule has 0 radical (unpaired) electrons. The van der Waals surface area contributed by atoms with Crippen LogP contribution < -0.4 is 5.32 Å². The highest BCUT2D eigenvalue weighted by Gasteiger charge is 2.25. The van der Waals surface area contributed by atoms with Crippen LogP contribution in [0.2, 0.25) is 0 Å². The van der Waals surface area contributed by atoms with Crippen LogP contribution in [0.15, 0.2) is 12.4 Å². The number of likely N-dealkylation sites (tertiary alicyclic amines) is 1. The van der Waals surface area contributed by atoms with Crippen molar-refractivity contribution < 1.29 is 4.79 Å². The number of aromatic nitrogens is 2. The lowest BCUT2D eigenvalue weighted by atomic mass is 10.0. The van der Waals surface area contributed by atoms with E-state index in [0.717, 1.165) is 32.5 Å². The van der Waals surface area contributed by atoms with Crippen LogP contribution in [0, 0.1) is 0 Å². The van der Waals surface area contributed by atoms with Crippen molar-refractivity contribution in [1.29, 1.82) is 0 Å². The minimum absolute atomic E-state index is 0.0190. The Morgan fingerprint density at radius 1 is 1.40 bits per heavy atom. The van der Waals surface area contributed by atoms with Gasteiger partial charge < -0.3 is 15.1 Å². The summed E-state index contributed by atoms with van der Waals surface area (Å²) in [5.41, 5.74) is 0.423. The standard InChI is InChI=1S/C14H23N5O/c1-4-16-13-10-15-9-12(17-13)14(20)19-7-5-11(6-8-19)18(2)3/h9-11H,4-8H2,1-3H3,(H,16,17). The zero-order valence-corrected chi connectivity index (χ0v) is 12.5. The summed E-state index contributed by atoms with van der Waals surface area (Å²) in [4.78, 5) is 24.9. The van der Waals surface area contributed by atoms with E-state index in [4.69, 9.17) is 0 Å². The Morgan fingerprint density at radius 2 is 2.10 bits per heavy atom. The summed E-state index contributed by atoms with van der Waals surface area (Å²) in [5, 5.41) is 3.08. The largest absolute Gasteiger partial charge is 0.369 e. The molecule has 20 heavy (non-hydrogen) atoms. The summed E-state index contributed by atoms with van der Waals surface area (Å²) >= 11 is 0. The summed E-state index contributed by atoms with van der Waals surface area (Å²) in [5.74, 6) is 0.635. The maximum atomic E-state index is 12.4. The molecule has 1 N–H and O–H groups in total. The maximum Gasteiger partial charge on any atom is 0.274 e. The van der Waals surface area contributed by atoms with Crippen LogP contribution in [0.25, 0.3) is 0 Å². The number of rotatable bonds is 4. The molecular formula is C14H23N5O. The van der Waals surface area contributed by atoms with Gasteiger partial charge in [-0.25, -0.2) is 4.98 Å². The molecule has 1 aromatic heterocycles. The molecule has 0 saturated carbocycles. The third-order valence-corrected chi connectivity index (χ3v) is 3.69. The lowest BCUT2D eigenvalue weighted by molar-refractivity contribution is 0.0657. The minimum atomic E-state index is -0.0190. The molecule has 1 amide bonds. The number of anilines is 1. The average Bonchev–Trinajstić information content (AvgIpc) is 2.47. The number of carbonyl (C=O) groups is 1. The van der Waals surface area contributed by atoms with Crippen LogP contribution in [0.1, 0.15) is 30.3 Å². The molecule has 2 rings (SSSR count). The molecule has 0 spiro atoms. The minimum Gasteiger partial charge on any atom is -0.369 e. The van der Waals surface area contributed by atoms with E-state index in [-0.39, 0.29) is 5.91 Å². The van der Waals surface area contributed by atoms with Crippen molar-refractivity contribution >= 4 is 11.7 Å². The lowest BCUT2D eigenvalue weighted by Crippen LogP contribution is -2.44. The molecule has 6 nitrogen and oxygen atoms in total. The van der Waals surface area contributed by atoms with Crippen molar-refractivity contribution in [2.75, 3.05) is 39.0 Å². The SMILES string of the molecule is CCNc1cncc(C(=O)N2CCC(N(C)C)CC2)n1. The number of carbonyl (C=O) groups excluding carboxylic acids is 1. The number of hydrogen-bond acceptors (Lipinski definition) is 5. The fraction of sp³-hybridized carbons (Fsp3) is 0.643. The topological polar surface area (TPSA) is 61.4 Å². The second kappa shape index (κ2) is 6.65. The Morgan fingerprint density at radius 3 is 2.70 bits per heavy atom. The van der Waals surface area contributed by atoms with Gasteiger partial charge in [0.2, 0.25) is 0 Å². The Hall–Kier alpha value is -1.69. The van der Waals surface area contributed by atoms with Gasteiger partial charge in [0.05, 0.1) is 12.4 Å². The molecule has 0 atom stereocenters. The fourth-order valence-corrected chi connectivity index (χ4v) is 2.48. The molecule has 110 valence electrons. The Balaban J connectivity index is 2.00. The van der Waals surface area contributed by atoms with Crippen molar-refractivity contribution in [3.8, 4) is 0 Å². The highest BCUT2D eigenvalue weighted by atomic mass is 16.2. The molecule has 1 fully saturated rings. The number of amides is 1. The lowest BCUT2D eigenvalue weighted by Gasteiger charge is -2.35. The number of nitrogens with zero attached hydrogens (tertiary/aromatic N) is 4. The van der Waals surface area contributed by atoms with Crippen LogP contribution >= 0.6 is 0 Å². The van der Waals surface area contributed by atoms with Gasteiger partial charge >= 0.3 is 0 Å². The Labute approximate surface area is 120 Å². The summed E-state index contributed by atoms with van der Waals surface area (Å²) in [6.07, 6.45) is 5.21. The van der Waals surface area contributed by atoms with Gasteiger partial charge in [-0.3, -0.25) is 9.78 Å². The van der Waals surface area contributed by atoms with Crippen LogP contribution in [0.5, 0.6) is 0 Å². The summed E-state index contributed by atoms with van der Waals surface area (Å²) < 4.78 is 0. The van der Waals surface area contributed by atoms with Gasteiger partial charge in [-0.2, -0.15) is 0 Å². The highest BCUT2D eigenvalue weighted by molar-refractivity contribution is 5.92. The van der Waals surface area contributed by atoms with E-state index in [1.54, 1.807) is 12.4 Å². The van der Waals surface area contributed by atoms with Crippen LogP contribution in [-0.4, -0.2) is 65.4 Å². The monoisotopic (exact) mass is 277 g/mol. The first kappa shape index (κ1) is 14.7. The van der Waals surface area contributed by atoms with E-state index >= 15 is 0 Å². The molecule has 1 saturated heterocycles. The molecule has 0 bridgehead atoms. The summed E-state index contributed by atoms with van der Waals surface area (Å²) in [6.45, 7) is 4.33. The quantitative estimate of drug-likeness (QED) is 0.892. The molecular weight excluding hydrogens is 254 g/mol. The molecule has 0 aromatic carbocycles. The molecule has 1 aliphatic heterocycles. The highest BCUT2D eigenvalue weighted by Crippen LogP contribution is 2.16. The van der Waals surface area contributed by atoms with Gasteiger partial charge in [-0.15, -0.1) is 0 Å². The first-order valence-corrected chi connectivity index (χ1v) is 7.13. The van der Waals surface area contributed by atoms with Crippen molar-refractivity contribution in [3.05, 3.63) is 18.1 Å².